The number of fused-ring (bicyclic) bond motifs is 1. The summed E-state index contributed by atoms with van der Waals surface area (Å²) in [5, 5.41) is 0. The number of rotatable bonds is 0. The van der Waals surface area contributed by atoms with Gasteiger partial charge in [-0.2, -0.15) is 8.42 Å². The second-order valence-corrected chi connectivity index (χ2v) is 7.23. The van der Waals surface area contributed by atoms with Gasteiger partial charge in [0.05, 0.1) is 11.9 Å². The molecule has 2 bridgehead atoms. The Balaban J connectivity index is 2.13. The molecular weight excluding hydrogens is 200 g/mol. The van der Waals surface area contributed by atoms with Crippen LogP contribution in [0.1, 0.15) is 33.1 Å². The van der Waals surface area contributed by atoms with Crippen LogP contribution >= 0.6 is 0 Å². The number of hydrogen-bond donors (Lipinski definition) is 0. The van der Waals surface area contributed by atoms with E-state index in [0.29, 0.717) is 5.92 Å². The smallest absolute Gasteiger partial charge is 0.266 e. The third-order valence-corrected chi connectivity index (χ3v) is 6.45. The molecule has 3 aliphatic rings. The zero-order chi connectivity index (χ0) is 10.2. The maximum absolute atomic E-state index is 11.5. The lowest BCUT2D eigenvalue weighted by atomic mass is 9.70. The first-order chi connectivity index (χ1) is 6.37. The van der Waals surface area contributed by atoms with Gasteiger partial charge < -0.3 is 0 Å². The zero-order valence-electron chi connectivity index (χ0n) is 8.62. The van der Waals surface area contributed by atoms with Gasteiger partial charge in [-0.15, -0.1) is 0 Å². The third kappa shape index (κ3) is 0.807. The van der Waals surface area contributed by atoms with Crippen LogP contribution in [-0.4, -0.2) is 20.3 Å². The van der Waals surface area contributed by atoms with E-state index in [1.54, 1.807) is 0 Å². The summed E-state index contributed by atoms with van der Waals surface area (Å²) in [6, 6.07) is 0. The van der Waals surface area contributed by atoms with Crippen molar-refractivity contribution >= 4 is 10.1 Å². The summed E-state index contributed by atoms with van der Waals surface area (Å²) in [7, 11) is -3.22. The highest BCUT2D eigenvalue weighted by molar-refractivity contribution is 7.87. The van der Waals surface area contributed by atoms with E-state index in [2.05, 4.69) is 13.8 Å². The minimum absolute atomic E-state index is 0.0127. The van der Waals surface area contributed by atoms with E-state index in [1.165, 1.54) is 6.42 Å². The van der Waals surface area contributed by atoms with Crippen LogP contribution in [0.15, 0.2) is 0 Å². The molecule has 1 aliphatic heterocycles. The van der Waals surface area contributed by atoms with Crippen LogP contribution in [-0.2, 0) is 14.3 Å². The first-order valence-electron chi connectivity index (χ1n) is 5.28. The van der Waals surface area contributed by atoms with Crippen LogP contribution in [0.25, 0.3) is 0 Å². The van der Waals surface area contributed by atoms with E-state index < -0.39 is 10.1 Å². The fourth-order valence-electron chi connectivity index (χ4n) is 4.00. The van der Waals surface area contributed by atoms with Crippen LogP contribution in [0.4, 0.5) is 0 Å². The van der Waals surface area contributed by atoms with Crippen molar-refractivity contribution in [2.24, 2.45) is 16.7 Å². The van der Waals surface area contributed by atoms with Crippen molar-refractivity contribution in [3.8, 4) is 0 Å². The zero-order valence-corrected chi connectivity index (χ0v) is 9.43. The van der Waals surface area contributed by atoms with Gasteiger partial charge in [0.15, 0.2) is 0 Å². The lowest BCUT2D eigenvalue weighted by Crippen LogP contribution is -2.37. The largest absolute Gasteiger partial charge is 0.268 e. The fraction of sp³-hybridized carbons (Fsp3) is 1.00. The van der Waals surface area contributed by atoms with Gasteiger partial charge in [0.1, 0.15) is 0 Å². The fourth-order valence-corrected chi connectivity index (χ4v) is 6.02. The van der Waals surface area contributed by atoms with Crippen LogP contribution < -0.4 is 0 Å². The van der Waals surface area contributed by atoms with Crippen molar-refractivity contribution in [3.63, 3.8) is 0 Å². The Bertz CT molecular complexity index is 384. The van der Waals surface area contributed by atoms with Gasteiger partial charge in [-0.1, -0.05) is 13.8 Å². The molecule has 3 atom stereocenters. The lowest BCUT2D eigenvalue weighted by molar-refractivity contribution is 0.0715. The Hall–Kier alpha value is -0.0900. The van der Waals surface area contributed by atoms with E-state index in [9.17, 15) is 8.42 Å². The Kier molecular flexibility index (Phi) is 1.43. The van der Waals surface area contributed by atoms with Gasteiger partial charge in [0.25, 0.3) is 10.1 Å². The predicted molar refractivity (Wildman–Crippen MR) is 52.2 cm³/mol. The first kappa shape index (κ1) is 9.16. The topological polar surface area (TPSA) is 43.4 Å². The second-order valence-electron chi connectivity index (χ2n) is 5.64. The molecule has 0 aromatic carbocycles. The summed E-state index contributed by atoms with van der Waals surface area (Å²) >= 11 is 0. The van der Waals surface area contributed by atoms with E-state index in [0.717, 1.165) is 12.8 Å². The maximum Gasteiger partial charge on any atom is 0.268 e. The summed E-state index contributed by atoms with van der Waals surface area (Å²) < 4.78 is 28.2. The second kappa shape index (κ2) is 2.19. The average Bonchev–Trinajstić information content (AvgIpc) is 2.50. The Morgan fingerprint density at radius 3 is 2.64 bits per heavy atom. The molecule has 14 heavy (non-hydrogen) atoms. The normalized spacial score (nSPS) is 52.1. The minimum atomic E-state index is -3.22. The summed E-state index contributed by atoms with van der Waals surface area (Å²) in [6.07, 6.45) is 3.16. The third-order valence-electron chi connectivity index (χ3n) is 5.05. The SMILES string of the molecule is CC1(C)C2CCC13CS(=O)(=O)O[C@@H]3C2. The van der Waals surface area contributed by atoms with Crippen molar-refractivity contribution < 1.29 is 12.6 Å². The highest BCUT2D eigenvalue weighted by atomic mass is 32.2. The van der Waals surface area contributed by atoms with Gasteiger partial charge in [-0.05, 0) is 30.6 Å². The van der Waals surface area contributed by atoms with Crippen LogP contribution in [0.5, 0.6) is 0 Å². The number of hydrogen-bond acceptors (Lipinski definition) is 3. The van der Waals surface area contributed by atoms with Gasteiger partial charge in [-0.3, -0.25) is 4.18 Å². The Morgan fingerprint density at radius 1 is 1.36 bits per heavy atom. The molecule has 2 unspecified atom stereocenters. The molecule has 1 spiro atoms. The monoisotopic (exact) mass is 216 g/mol. The highest BCUT2D eigenvalue weighted by Crippen LogP contribution is 2.69. The van der Waals surface area contributed by atoms with Crippen LogP contribution in [0.2, 0.25) is 0 Å². The van der Waals surface area contributed by atoms with E-state index >= 15 is 0 Å². The summed E-state index contributed by atoms with van der Waals surface area (Å²) in [4.78, 5) is 0. The molecule has 80 valence electrons. The predicted octanol–water partition coefficient (Wildman–Crippen LogP) is 1.54. The molecule has 1 heterocycles. The molecule has 0 amide bonds. The average molecular weight is 216 g/mol. The first-order valence-corrected chi connectivity index (χ1v) is 6.86. The van der Waals surface area contributed by atoms with Crippen molar-refractivity contribution in [1.82, 2.24) is 0 Å². The molecule has 0 aromatic heterocycles. The quantitative estimate of drug-likeness (QED) is 0.577. The van der Waals surface area contributed by atoms with E-state index in [-0.39, 0.29) is 22.7 Å². The molecule has 2 aliphatic carbocycles. The van der Waals surface area contributed by atoms with Crippen molar-refractivity contribution in [2.45, 2.75) is 39.2 Å². The Labute approximate surface area is 85.0 Å². The molecule has 4 heteroatoms. The molecular formula is C10H16O3S. The van der Waals surface area contributed by atoms with E-state index in [1.807, 2.05) is 0 Å². The molecule has 3 rings (SSSR count). The Morgan fingerprint density at radius 2 is 2.07 bits per heavy atom. The van der Waals surface area contributed by atoms with Crippen molar-refractivity contribution in [2.75, 3.05) is 5.75 Å². The molecule has 0 aromatic rings. The summed E-state index contributed by atoms with van der Waals surface area (Å²) in [5.74, 6) is 0.928. The van der Waals surface area contributed by atoms with Gasteiger partial charge in [-0.25, -0.2) is 0 Å². The van der Waals surface area contributed by atoms with Crippen molar-refractivity contribution in [3.05, 3.63) is 0 Å². The minimum Gasteiger partial charge on any atom is -0.266 e. The molecule has 3 fully saturated rings. The molecule has 3 nitrogen and oxygen atoms in total. The van der Waals surface area contributed by atoms with Gasteiger partial charge in [0.2, 0.25) is 0 Å². The van der Waals surface area contributed by atoms with Crippen molar-refractivity contribution in [1.29, 1.82) is 0 Å². The molecule has 0 radical (unpaired) electrons. The summed E-state index contributed by atoms with van der Waals surface area (Å²) in [6.45, 7) is 4.43. The van der Waals surface area contributed by atoms with Crippen LogP contribution in [0, 0.1) is 16.7 Å². The maximum atomic E-state index is 11.5. The van der Waals surface area contributed by atoms with Gasteiger partial charge >= 0.3 is 0 Å². The summed E-state index contributed by atoms with van der Waals surface area (Å²) in [5.41, 5.74) is 0.0950. The molecule has 0 N–H and O–H groups in total. The highest BCUT2D eigenvalue weighted by Gasteiger charge is 2.69. The molecule has 1 saturated heterocycles. The molecule has 2 saturated carbocycles. The van der Waals surface area contributed by atoms with E-state index in [4.69, 9.17) is 4.18 Å². The van der Waals surface area contributed by atoms with Gasteiger partial charge in [0, 0.05) is 5.41 Å². The van der Waals surface area contributed by atoms with Crippen LogP contribution in [0.3, 0.4) is 0 Å². The standard InChI is InChI=1S/C10H16O3S/c1-9(2)7-3-4-10(9)6-14(11,12)13-8(10)5-7/h7-8H,3-6H2,1-2H3/t7?,8-,10?/m1/s1. The lowest BCUT2D eigenvalue weighted by Gasteiger charge is -2.35.